The third-order valence-electron chi connectivity index (χ3n) is 3.34. The van der Waals surface area contributed by atoms with E-state index in [2.05, 4.69) is 25.4 Å². The van der Waals surface area contributed by atoms with Crippen LogP contribution < -0.4 is 5.32 Å². The van der Waals surface area contributed by atoms with Crippen LogP contribution in [0.5, 0.6) is 0 Å². The summed E-state index contributed by atoms with van der Waals surface area (Å²) in [6, 6.07) is 3.84. The molecule has 4 aromatic rings. The van der Waals surface area contributed by atoms with Gasteiger partial charge in [-0.1, -0.05) is 11.2 Å². The van der Waals surface area contributed by atoms with E-state index in [0.29, 0.717) is 29.6 Å². The highest BCUT2D eigenvalue weighted by Gasteiger charge is 2.13. The van der Waals surface area contributed by atoms with Crippen molar-refractivity contribution >= 4 is 28.7 Å². The number of carbonyl (C=O) groups excluding carboxylic acids is 1. The number of imidazole rings is 1. The summed E-state index contributed by atoms with van der Waals surface area (Å²) in [7, 11) is 0. The summed E-state index contributed by atoms with van der Waals surface area (Å²) < 4.78 is 6.97. The van der Waals surface area contributed by atoms with E-state index in [9.17, 15) is 4.79 Å². The van der Waals surface area contributed by atoms with Gasteiger partial charge in [0.2, 0.25) is 17.6 Å². The van der Waals surface area contributed by atoms with Gasteiger partial charge in [-0.05, 0) is 11.4 Å². The van der Waals surface area contributed by atoms with Crippen LogP contribution in [0.3, 0.4) is 0 Å². The molecule has 1 N–H and O–H groups in total. The third kappa shape index (κ3) is 2.88. The maximum absolute atomic E-state index is 12.1. The second-order valence-corrected chi connectivity index (χ2v) is 5.92. The smallest absolute Gasteiger partial charge is 0.227 e. The lowest BCUT2D eigenvalue weighted by Crippen LogP contribution is -2.14. The highest BCUT2D eigenvalue weighted by Crippen LogP contribution is 2.21. The first-order chi connectivity index (χ1) is 11.8. The number of aromatic nitrogens is 5. The van der Waals surface area contributed by atoms with E-state index in [-0.39, 0.29) is 12.3 Å². The van der Waals surface area contributed by atoms with Gasteiger partial charge in [0.25, 0.3) is 0 Å². The minimum atomic E-state index is -0.186. The van der Waals surface area contributed by atoms with Crippen molar-refractivity contribution in [3.8, 4) is 10.7 Å². The molecule has 0 saturated carbocycles. The first kappa shape index (κ1) is 14.5. The van der Waals surface area contributed by atoms with E-state index in [1.165, 1.54) is 11.3 Å². The predicted octanol–water partition coefficient (Wildman–Crippen LogP) is 2.41. The van der Waals surface area contributed by atoms with Gasteiger partial charge in [-0.2, -0.15) is 4.98 Å². The Bertz CT molecular complexity index is 975. The third-order valence-corrected chi connectivity index (χ3v) is 4.21. The van der Waals surface area contributed by atoms with Crippen molar-refractivity contribution < 1.29 is 9.32 Å². The quantitative estimate of drug-likeness (QED) is 0.599. The zero-order chi connectivity index (χ0) is 16.4. The van der Waals surface area contributed by atoms with E-state index in [1.54, 1.807) is 29.2 Å². The topological polar surface area (TPSA) is 98.2 Å². The summed E-state index contributed by atoms with van der Waals surface area (Å²) in [5.74, 6) is 1.22. The van der Waals surface area contributed by atoms with Gasteiger partial charge in [0, 0.05) is 37.6 Å². The standard InChI is InChI=1S/C15H12N6O2S/c22-11(18-14-15-17-6-8-21(15)7-5-16-14)3-4-12-19-13(20-23-12)10-2-1-9-24-10/h1-2,5-9H,3-4H2,(H,16,18,22). The lowest BCUT2D eigenvalue weighted by molar-refractivity contribution is -0.116. The molecule has 0 aromatic carbocycles. The molecule has 0 bridgehead atoms. The number of aryl methyl sites for hydroxylation is 1. The SMILES string of the molecule is O=C(CCc1nc(-c2cccs2)no1)Nc1nccn2ccnc12. The fourth-order valence-corrected chi connectivity index (χ4v) is 2.87. The lowest BCUT2D eigenvalue weighted by Gasteiger charge is -2.04. The Labute approximate surface area is 140 Å². The molecule has 9 heteroatoms. The number of anilines is 1. The van der Waals surface area contributed by atoms with E-state index in [1.807, 2.05) is 17.5 Å². The van der Waals surface area contributed by atoms with Crippen molar-refractivity contribution in [2.45, 2.75) is 12.8 Å². The molecular weight excluding hydrogens is 328 g/mol. The summed E-state index contributed by atoms with van der Waals surface area (Å²) in [6.07, 6.45) is 7.39. The number of thiophene rings is 1. The fraction of sp³-hybridized carbons (Fsp3) is 0.133. The Morgan fingerprint density at radius 1 is 1.29 bits per heavy atom. The maximum Gasteiger partial charge on any atom is 0.227 e. The molecule has 120 valence electrons. The summed E-state index contributed by atoms with van der Waals surface area (Å²) in [6.45, 7) is 0. The van der Waals surface area contributed by atoms with Crippen molar-refractivity contribution in [2.24, 2.45) is 0 Å². The predicted molar refractivity (Wildman–Crippen MR) is 87.5 cm³/mol. The highest BCUT2D eigenvalue weighted by atomic mass is 32.1. The number of fused-ring (bicyclic) bond motifs is 1. The molecule has 24 heavy (non-hydrogen) atoms. The molecule has 4 rings (SSSR count). The number of hydrogen-bond donors (Lipinski definition) is 1. The molecule has 4 aromatic heterocycles. The van der Waals surface area contributed by atoms with Crippen LogP contribution in [-0.4, -0.2) is 30.4 Å². The molecule has 0 radical (unpaired) electrons. The zero-order valence-corrected chi connectivity index (χ0v) is 13.2. The van der Waals surface area contributed by atoms with Gasteiger partial charge >= 0.3 is 0 Å². The fourth-order valence-electron chi connectivity index (χ4n) is 2.22. The lowest BCUT2D eigenvalue weighted by atomic mass is 10.3. The highest BCUT2D eigenvalue weighted by molar-refractivity contribution is 7.13. The molecule has 0 aliphatic heterocycles. The first-order valence-electron chi connectivity index (χ1n) is 7.23. The molecule has 1 amide bonds. The van der Waals surface area contributed by atoms with E-state index in [0.717, 1.165) is 4.88 Å². The van der Waals surface area contributed by atoms with E-state index >= 15 is 0 Å². The molecule has 0 spiro atoms. The average Bonchev–Trinajstić information content (AvgIpc) is 3.32. The van der Waals surface area contributed by atoms with Crippen molar-refractivity contribution in [1.29, 1.82) is 0 Å². The second-order valence-electron chi connectivity index (χ2n) is 4.97. The summed E-state index contributed by atoms with van der Waals surface area (Å²) in [5.41, 5.74) is 0.601. The van der Waals surface area contributed by atoms with Gasteiger partial charge in [0.15, 0.2) is 11.5 Å². The van der Waals surface area contributed by atoms with Crippen LogP contribution in [-0.2, 0) is 11.2 Å². The maximum atomic E-state index is 12.1. The number of nitrogens with zero attached hydrogens (tertiary/aromatic N) is 5. The molecule has 0 aliphatic carbocycles. The Hall–Kier alpha value is -3.07. The van der Waals surface area contributed by atoms with E-state index < -0.39 is 0 Å². The van der Waals surface area contributed by atoms with Crippen LogP contribution in [0.15, 0.2) is 46.8 Å². The number of carbonyl (C=O) groups is 1. The largest absolute Gasteiger partial charge is 0.339 e. The van der Waals surface area contributed by atoms with Crippen LogP contribution in [0.2, 0.25) is 0 Å². The monoisotopic (exact) mass is 340 g/mol. The van der Waals surface area contributed by atoms with Crippen molar-refractivity contribution in [2.75, 3.05) is 5.32 Å². The van der Waals surface area contributed by atoms with Gasteiger partial charge < -0.3 is 14.2 Å². The molecule has 0 unspecified atom stereocenters. The van der Waals surface area contributed by atoms with Crippen LogP contribution in [0.4, 0.5) is 5.82 Å². The summed E-state index contributed by atoms with van der Waals surface area (Å²) >= 11 is 1.54. The summed E-state index contributed by atoms with van der Waals surface area (Å²) in [4.78, 5) is 25.7. The van der Waals surface area contributed by atoms with Crippen molar-refractivity contribution in [3.05, 3.63) is 48.2 Å². The summed E-state index contributed by atoms with van der Waals surface area (Å²) in [5, 5.41) is 8.62. The molecule has 0 saturated heterocycles. The van der Waals surface area contributed by atoms with E-state index in [4.69, 9.17) is 4.52 Å². The van der Waals surface area contributed by atoms with Gasteiger partial charge in [-0.3, -0.25) is 4.79 Å². The van der Waals surface area contributed by atoms with Gasteiger partial charge in [0.05, 0.1) is 4.88 Å². The number of rotatable bonds is 5. The van der Waals surface area contributed by atoms with Crippen LogP contribution >= 0.6 is 11.3 Å². The molecule has 0 fully saturated rings. The second kappa shape index (κ2) is 6.20. The Morgan fingerprint density at radius 3 is 3.00 bits per heavy atom. The van der Waals surface area contributed by atoms with Crippen LogP contribution in [0, 0.1) is 0 Å². The van der Waals surface area contributed by atoms with Gasteiger partial charge in [-0.25, -0.2) is 9.97 Å². The average molecular weight is 340 g/mol. The number of amides is 1. The minimum absolute atomic E-state index is 0.186. The van der Waals surface area contributed by atoms with Crippen molar-refractivity contribution in [3.63, 3.8) is 0 Å². The molecule has 4 heterocycles. The number of hydrogen-bond acceptors (Lipinski definition) is 7. The number of nitrogens with one attached hydrogen (secondary N) is 1. The minimum Gasteiger partial charge on any atom is -0.339 e. The Morgan fingerprint density at radius 2 is 2.17 bits per heavy atom. The Kier molecular flexibility index (Phi) is 3.75. The normalized spacial score (nSPS) is 11.0. The van der Waals surface area contributed by atoms with Crippen LogP contribution in [0.1, 0.15) is 12.3 Å². The molecular formula is C15H12N6O2S. The Balaban J connectivity index is 1.39. The van der Waals surface area contributed by atoms with Gasteiger partial charge in [-0.15, -0.1) is 11.3 Å². The molecule has 0 atom stereocenters. The zero-order valence-electron chi connectivity index (χ0n) is 12.4. The van der Waals surface area contributed by atoms with Crippen molar-refractivity contribution in [1.82, 2.24) is 24.5 Å². The van der Waals surface area contributed by atoms with Gasteiger partial charge in [0.1, 0.15) is 0 Å². The van der Waals surface area contributed by atoms with Crippen LogP contribution in [0.25, 0.3) is 16.3 Å². The molecule has 8 nitrogen and oxygen atoms in total. The molecule has 0 aliphatic rings. The first-order valence-corrected chi connectivity index (χ1v) is 8.11.